The molecule has 2 amide bonds. The van der Waals surface area contributed by atoms with Crippen molar-refractivity contribution in [3.05, 3.63) is 29.6 Å². The van der Waals surface area contributed by atoms with E-state index in [4.69, 9.17) is 5.84 Å². The van der Waals surface area contributed by atoms with E-state index in [0.29, 0.717) is 11.6 Å². The third kappa shape index (κ3) is 4.94. The Morgan fingerprint density at radius 2 is 1.66 bits per heavy atom. The summed E-state index contributed by atoms with van der Waals surface area (Å²) in [5, 5.41) is 4.20. The van der Waals surface area contributed by atoms with Crippen molar-refractivity contribution in [1.29, 1.82) is 0 Å². The summed E-state index contributed by atoms with van der Waals surface area (Å²) >= 11 is 0. The number of nitrogens with zero attached hydrogens (tertiary/aromatic N) is 3. The molecule has 3 saturated heterocycles. The number of hydrogen-bond donors (Lipinski definition) is 2. The molecular formula is C21H30FN5O2. The summed E-state index contributed by atoms with van der Waals surface area (Å²) in [6, 6.07) is 5.16. The molecule has 0 saturated carbocycles. The van der Waals surface area contributed by atoms with Gasteiger partial charge in [0.15, 0.2) is 0 Å². The van der Waals surface area contributed by atoms with E-state index in [1.807, 2.05) is 11.1 Å². The van der Waals surface area contributed by atoms with Gasteiger partial charge in [-0.1, -0.05) is 6.07 Å². The molecule has 158 valence electrons. The van der Waals surface area contributed by atoms with Gasteiger partial charge in [-0.05, 0) is 36.5 Å². The van der Waals surface area contributed by atoms with Gasteiger partial charge in [0, 0.05) is 64.6 Å². The number of nitrogens with one attached hydrogen (secondary N) is 1. The Hall–Kier alpha value is -2.03. The molecule has 0 atom stereocenters. The van der Waals surface area contributed by atoms with Crippen molar-refractivity contribution >= 4 is 17.5 Å². The fourth-order valence-electron chi connectivity index (χ4n) is 4.72. The van der Waals surface area contributed by atoms with E-state index in [-0.39, 0.29) is 36.4 Å². The van der Waals surface area contributed by atoms with Crippen molar-refractivity contribution in [3.63, 3.8) is 0 Å². The summed E-state index contributed by atoms with van der Waals surface area (Å²) in [5.41, 5.74) is 1.33. The third-order valence-corrected chi connectivity index (χ3v) is 6.46. The zero-order chi connectivity index (χ0) is 20.4. The zero-order valence-electron chi connectivity index (χ0n) is 16.8. The van der Waals surface area contributed by atoms with Crippen molar-refractivity contribution in [2.24, 2.45) is 11.8 Å². The molecule has 1 aromatic rings. The second-order valence-electron chi connectivity index (χ2n) is 8.55. The lowest BCUT2D eigenvalue weighted by Gasteiger charge is -2.39. The van der Waals surface area contributed by atoms with Gasteiger partial charge in [-0.3, -0.25) is 25.6 Å². The van der Waals surface area contributed by atoms with E-state index >= 15 is 0 Å². The number of hydrogen-bond acceptors (Lipinski definition) is 6. The normalized spacial score (nSPS) is 23.4. The average molecular weight is 404 g/mol. The predicted molar refractivity (Wildman–Crippen MR) is 109 cm³/mol. The first-order valence-electron chi connectivity index (χ1n) is 10.6. The molecule has 4 rings (SSSR count). The van der Waals surface area contributed by atoms with Gasteiger partial charge in [0.1, 0.15) is 5.82 Å². The SMILES string of the molecule is NN1CCC(CN2CCN(c3ccc(C4CC(=O)NC(=O)C4)cc3F)CC2)CC1. The monoisotopic (exact) mass is 403 g/mol. The Balaban J connectivity index is 1.32. The van der Waals surface area contributed by atoms with Crippen LogP contribution < -0.4 is 16.1 Å². The van der Waals surface area contributed by atoms with Crippen molar-refractivity contribution < 1.29 is 14.0 Å². The van der Waals surface area contributed by atoms with Gasteiger partial charge in [0.25, 0.3) is 0 Å². The number of piperidine rings is 2. The van der Waals surface area contributed by atoms with Crippen LogP contribution in [0.1, 0.15) is 37.2 Å². The number of carbonyl (C=O) groups is 2. The quantitative estimate of drug-likeness (QED) is 0.578. The van der Waals surface area contributed by atoms with E-state index in [0.717, 1.165) is 64.2 Å². The van der Waals surface area contributed by atoms with Crippen LogP contribution in [0.15, 0.2) is 18.2 Å². The molecule has 0 aromatic heterocycles. The summed E-state index contributed by atoms with van der Waals surface area (Å²) in [7, 11) is 0. The van der Waals surface area contributed by atoms with Crippen LogP contribution in [-0.2, 0) is 9.59 Å². The minimum Gasteiger partial charge on any atom is -0.367 e. The molecule has 3 aliphatic heterocycles. The highest BCUT2D eigenvalue weighted by molar-refractivity contribution is 5.98. The summed E-state index contributed by atoms with van der Waals surface area (Å²) in [4.78, 5) is 27.8. The molecule has 3 heterocycles. The van der Waals surface area contributed by atoms with Crippen molar-refractivity contribution in [2.75, 3.05) is 50.7 Å². The number of benzene rings is 1. The number of nitrogens with two attached hydrogens (primary N) is 1. The van der Waals surface area contributed by atoms with Crippen LogP contribution >= 0.6 is 0 Å². The highest BCUT2D eigenvalue weighted by Gasteiger charge is 2.28. The lowest BCUT2D eigenvalue weighted by atomic mass is 9.89. The van der Waals surface area contributed by atoms with E-state index in [1.165, 1.54) is 6.07 Å². The maximum atomic E-state index is 14.8. The summed E-state index contributed by atoms with van der Waals surface area (Å²) in [5.74, 6) is 5.45. The Labute approximate surface area is 171 Å². The number of piperazine rings is 1. The number of carbonyl (C=O) groups excluding carboxylic acids is 2. The van der Waals surface area contributed by atoms with Crippen molar-refractivity contribution in [2.45, 2.75) is 31.6 Å². The zero-order valence-corrected chi connectivity index (χ0v) is 16.8. The Morgan fingerprint density at radius 3 is 2.28 bits per heavy atom. The fraction of sp³-hybridized carbons (Fsp3) is 0.619. The number of rotatable bonds is 4. The van der Waals surface area contributed by atoms with Crippen LogP contribution in [0.4, 0.5) is 10.1 Å². The fourth-order valence-corrected chi connectivity index (χ4v) is 4.72. The molecule has 8 heteroatoms. The van der Waals surface area contributed by atoms with Crippen LogP contribution in [0.2, 0.25) is 0 Å². The molecule has 29 heavy (non-hydrogen) atoms. The Morgan fingerprint density at radius 1 is 1.00 bits per heavy atom. The molecule has 3 fully saturated rings. The van der Waals surface area contributed by atoms with E-state index in [9.17, 15) is 14.0 Å². The standard InChI is InChI=1S/C21H30FN5O2/c22-18-11-16(17-12-20(28)24-21(29)13-17)1-2-19(18)26-9-7-25(8-10-26)14-15-3-5-27(23)6-4-15/h1-2,11,15,17H,3-10,12-14,23H2,(H,24,28,29). The van der Waals surface area contributed by atoms with Gasteiger partial charge in [0.2, 0.25) is 11.8 Å². The molecule has 0 bridgehead atoms. The number of amides is 2. The summed E-state index contributed by atoms with van der Waals surface area (Å²) in [6.45, 7) is 6.50. The minimum absolute atomic E-state index is 0.228. The number of halogens is 1. The van der Waals surface area contributed by atoms with Crippen molar-refractivity contribution in [1.82, 2.24) is 15.2 Å². The lowest BCUT2D eigenvalue weighted by Crippen LogP contribution is -2.49. The first-order chi connectivity index (χ1) is 14.0. The molecule has 0 spiro atoms. The minimum atomic E-state index is -0.288. The van der Waals surface area contributed by atoms with Gasteiger partial charge in [-0.15, -0.1) is 0 Å². The van der Waals surface area contributed by atoms with Gasteiger partial charge in [-0.25, -0.2) is 9.40 Å². The van der Waals surface area contributed by atoms with Crippen LogP contribution in [0.3, 0.4) is 0 Å². The highest BCUT2D eigenvalue weighted by Crippen LogP contribution is 2.30. The largest absolute Gasteiger partial charge is 0.367 e. The molecule has 0 unspecified atom stereocenters. The van der Waals surface area contributed by atoms with Crippen LogP contribution in [-0.4, -0.2) is 67.5 Å². The maximum absolute atomic E-state index is 14.8. The number of anilines is 1. The van der Waals surface area contributed by atoms with Crippen LogP contribution in [0.25, 0.3) is 0 Å². The first-order valence-corrected chi connectivity index (χ1v) is 10.6. The van der Waals surface area contributed by atoms with Gasteiger partial charge in [-0.2, -0.15) is 0 Å². The second-order valence-corrected chi connectivity index (χ2v) is 8.55. The van der Waals surface area contributed by atoms with Gasteiger partial charge < -0.3 is 4.90 Å². The molecular weight excluding hydrogens is 373 g/mol. The smallest absolute Gasteiger partial charge is 0.227 e. The molecule has 0 radical (unpaired) electrons. The molecule has 1 aromatic carbocycles. The Bertz CT molecular complexity index is 741. The third-order valence-electron chi connectivity index (χ3n) is 6.46. The topological polar surface area (TPSA) is 81.9 Å². The molecule has 3 aliphatic rings. The first kappa shape index (κ1) is 20.3. The highest BCUT2D eigenvalue weighted by atomic mass is 19.1. The van der Waals surface area contributed by atoms with Gasteiger partial charge in [0.05, 0.1) is 5.69 Å². The summed E-state index contributed by atoms with van der Waals surface area (Å²) < 4.78 is 14.8. The molecule has 7 nitrogen and oxygen atoms in total. The number of imide groups is 1. The molecule has 3 N–H and O–H groups in total. The van der Waals surface area contributed by atoms with Crippen LogP contribution in [0.5, 0.6) is 0 Å². The lowest BCUT2D eigenvalue weighted by molar-refractivity contribution is -0.133. The van der Waals surface area contributed by atoms with Gasteiger partial charge >= 0.3 is 0 Å². The van der Waals surface area contributed by atoms with Crippen LogP contribution in [0, 0.1) is 11.7 Å². The number of hydrazine groups is 1. The van der Waals surface area contributed by atoms with E-state index < -0.39 is 0 Å². The molecule has 0 aliphatic carbocycles. The van der Waals surface area contributed by atoms with E-state index in [2.05, 4.69) is 15.1 Å². The second kappa shape index (κ2) is 8.77. The maximum Gasteiger partial charge on any atom is 0.227 e. The average Bonchev–Trinajstić information content (AvgIpc) is 2.70. The Kier molecular flexibility index (Phi) is 6.12. The predicted octanol–water partition coefficient (Wildman–Crippen LogP) is 1.05. The summed E-state index contributed by atoms with van der Waals surface area (Å²) in [6.07, 6.45) is 2.75. The van der Waals surface area contributed by atoms with Crippen molar-refractivity contribution in [3.8, 4) is 0 Å². The van der Waals surface area contributed by atoms with E-state index in [1.54, 1.807) is 6.07 Å².